The number of ether oxygens (including phenoxy) is 1. The molecule has 4 nitrogen and oxygen atoms in total. The highest BCUT2D eigenvalue weighted by Crippen LogP contribution is 2.13. The number of anilines is 1. The van der Waals surface area contributed by atoms with E-state index < -0.39 is 17.5 Å². The first kappa shape index (κ1) is 12.4. The van der Waals surface area contributed by atoms with Gasteiger partial charge in [0.1, 0.15) is 11.4 Å². The minimum Gasteiger partial charge on any atom is -0.444 e. The van der Waals surface area contributed by atoms with Gasteiger partial charge in [-0.25, -0.2) is 9.18 Å². The number of hydrogen-bond acceptors (Lipinski definition) is 3. The second-order valence-corrected chi connectivity index (χ2v) is 4.42. The van der Waals surface area contributed by atoms with Crippen LogP contribution in [0.25, 0.3) is 0 Å². The molecule has 0 radical (unpaired) electrons. The predicted molar refractivity (Wildman–Crippen MR) is 58.8 cm³/mol. The second kappa shape index (κ2) is 4.47. The fourth-order valence-electron chi connectivity index (χ4n) is 0.996. The van der Waals surface area contributed by atoms with Crippen LogP contribution in [0.1, 0.15) is 26.5 Å². The van der Waals surface area contributed by atoms with Gasteiger partial charge in [0.25, 0.3) is 0 Å². The predicted octanol–water partition coefficient (Wildman–Crippen LogP) is 2.88. The van der Waals surface area contributed by atoms with Crippen LogP contribution in [0.15, 0.2) is 12.3 Å². The van der Waals surface area contributed by atoms with E-state index in [2.05, 4.69) is 10.3 Å². The summed E-state index contributed by atoms with van der Waals surface area (Å²) in [6, 6.07) is 1.20. The topological polar surface area (TPSA) is 51.2 Å². The van der Waals surface area contributed by atoms with Crippen molar-refractivity contribution in [2.75, 3.05) is 5.32 Å². The molecule has 1 N–H and O–H groups in total. The molecule has 0 saturated heterocycles. The van der Waals surface area contributed by atoms with E-state index in [0.29, 0.717) is 0 Å². The third kappa shape index (κ3) is 3.84. The molecule has 1 aromatic heterocycles. The van der Waals surface area contributed by atoms with Crippen molar-refractivity contribution in [1.82, 2.24) is 4.98 Å². The molecule has 0 spiro atoms. The van der Waals surface area contributed by atoms with Gasteiger partial charge in [0.15, 0.2) is 0 Å². The van der Waals surface area contributed by atoms with Gasteiger partial charge in [0, 0.05) is 6.07 Å². The Bertz CT molecular complexity index is 399. The minimum absolute atomic E-state index is 0.275. The highest BCUT2D eigenvalue weighted by molar-refractivity contribution is 5.84. The number of aryl methyl sites for hydroxylation is 1. The Morgan fingerprint density at radius 1 is 1.50 bits per heavy atom. The average molecular weight is 226 g/mol. The molecular weight excluding hydrogens is 211 g/mol. The third-order valence-corrected chi connectivity index (χ3v) is 1.67. The van der Waals surface area contributed by atoms with E-state index in [1.54, 1.807) is 27.7 Å². The van der Waals surface area contributed by atoms with Gasteiger partial charge in [-0.3, -0.25) is 10.3 Å². The first-order valence-electron chi connectivity index (χ1n) is 4.90. The molecule has 0 atom stereocenters. The lowest BCUT2D eigenvalue weighted by Gasteiger charge is -2.19. The van der Waals surface area contributed by atoms with Crippen LogP contribution in [0.2, 0.25) is 0 Å². The fourth-order valence-corrected chi connectivity index (χ4v) is 0.996. The largest absolute Gasteiger partial charge is 0.444 e. The molecule has 0 fully saturated rings. The van der Waals surface area contributed by atoms with Gasteiger partial charge < -0.3 is 4.74 Å². The van der Waals surface area contributed by atoms with Gasteiger partial charge in [-0.15, -0.1) is 0 Å². The maximum absolute atomic E-state index is 13.1. The molecule has 0 aliphatic carbocycles. The van der Waals surface area contributed by atoms with Crippen LogP contribution in [0.4, 0.5) is 14.9 Å². The summed E-state index contributed by atoms with van der Waals surface area (Å²) in [4.78, 5) is 15.1. The molecule has 0 aliphatic rings. The highest BCUT2D eigenvalue weighted by atomic mass is 19.1. The van der Waals surface area contributed by atoms with E-state index in [0.717, 1.165) is 0 Å². The van der Waals surface area contributed by atoms with E-state index in [1.165, 1.54) is 12.3 Å². The van der Waals surface area contributed by atoms with Crippen LogP contribution < -0.4 is 5.32 Å². The lowest BCUT2D eigenvalue weighted by molar-refractivity contribution is 0.0636. The number of carbonyl (C=O) groups excluding carboxylic acids is 1. The number of aromatic nitrogens is 1. The molecule has 1 amide bonds. The zero-order chi connectivity index (χ0) is 12.3. The zero-order valence-corrected chi connectivity index (χ0v) is 9.80. The zero-order valence-electron chi connectivity index (χ0n) is 9.80. The number of halogens is 1. The van der Waals surface area contributed by atoms with Crippen LogP contribution in [0, 0.1) is 12.7 Å². The van der Waals surface area contributed by atoms with Gasteiger partial charge in [0.05, 0.1) is 17.6 Å². The maximum Gasteiger partial charge on any atom is 0.412 e. The van der Waals surface area contributed by atoms with E-state index in [4.69, 9.17) is 4.74 Å². The first-order valence-corrected chi connectivity index (χ1v) is 4.90. The molecule has 0 saturated carbocycles. The van der Waals surface area contributed by atoms with E-state index in [9.17, 15) is 9.18 Å². The van der Waals surface area contributed by atoms with Crippen molar-refractivity contribution < 1.29 is 13.9 Å². The Kier molecular flexibility index (Phi) is 3.47. The molecule has 0 aliphatic heterocycles. The molecule has 1 rings (SSSR count). The summed E-state index contributed by atoms with van der Waals surface area (Å²) < 4.78 is 18.1. The summed E-state index contributed by atoms with van der Waals surface area (Å²) in [5.41, 5.74) is -0.0205. The third-order valence-electron chi connectivity index (χ3n) is 1.67. The van der Waals surface area contributed by atoms with Crippen molar-refractivity contribution in [3.63, 3.8) is 0 Å². The Hall–Kier alpha value is -1.65. The Morgan fingerprint density at radius 3 is 2.62 bits per heavy atom. The second-order valence-electron chi connectivity index (χ2n) is 4.42. The van der Waals surface area contributed by atoms with Gasteiger partial charge in [-0.1, -0.05) is 0 Å². The summed E-state index contributed by atoms with van der Waals surface area (Å²) >= 11 is 0. The lowest BCUT2D eigenvalue weighted by atomic mass is 10.2. The Balaban J connectivity index is 2.67. The van der Waals surface area contributed by atoms with E-state index in [1.807, 2.05) is 0 Å². The summed E-state index contributed by atoms with van der Waals surface area (Å²) in [5.74, 6) is -0.464. The van der Waals surface area contributed by atoms with Crippen molar-refractivity contribution in [2.45, 2.75) is 33.3 Å². The van der Waals surface area contributed by atoms with Gasteiger partial charge in [-0.05, 0) is 27.7 Å². The SMILES string of the molecule is Cc1ncc(NC(=O)OC(C)(C)C)cc1F. The minimum atomic E-state index is -0.627. The van der Waals surface area contributed by atoms with Crippen molar-refractivity contribution in [1.29, 1.82) is 0 Å². The van der Waals surface area contributed by atoms with Gasteiger partial charge in [-0.2, -0.15) is 0 Å². The number of pyridine rings is 1. The number of nitrogens with one attached hydrogen (secondary N) is 1. The molecule has 5 heteroatoms. The number of carbonyl (C=O) groups is 1. The molecule has 0 aromatic carbocycles. The first-order chi connectivity index (χ1) is 7.28. The monoisotopic (exact) mass is 226 g/mol. The standard InChI is InChI=1S/C11H15FN2O2/c1-7-9(12)5-8(6-13-7)14-10(15)16-11(2,3)4/h5-6H,1-4H3,(H,14,15). The van der Waals surface area contributed by atoms with E-state index >= 15 is 0 Å². The molecule has 0 bridgehead atoms. The summed E-state index contributed by atoms with van der Waals surface area (Å²) in [6.07, 6.45) is 0.750. The molecule has 16 heavy (non-hydrogen) atoms. The Labute approximate surface area is 93.8 Å². The molecule has 0 unspecified atom stereocenters. The van der Waals surface area contributed by atoms with Crippen LogP contribution in [0.3, 0.4) is 0 Å². The Morgan fingerprint density at radius 2 is 2.12 bits per heavy atom. The van der Waals surface area contributed by atoms with Crippen LogP contribution >= 0.6 is 0 Å². The molecular formula is C11H15FN2O2. The molecule has 1 aromatic rings. The number of hydrogen-bond donors (Lipinski definition) is 1. The molecule has 1 heterocycles. The normalized spacial score (nSPS) is 11.1. The lowest BCUT2D eigenvalue weighted by Crippen LogP contribution is -2.27. The smallest absolute Gasteiger partial charge is 0.412 e. The molecule has 88 valence electrons. The van der Waals surface area contributed by atoms with Crippen LogP contribution in [-0.2, 0) is 4.74 Å². The van der Waals surface area contributed by atoms with Crippen molar-refractivity contribution >= 4 is 11.8 Å². The highest BCUT2D eigenvalue weighted by Gasteiger charge is 2.16. The number of nitrogens with zero attached hydrogens (tertiary/aromatic N) is 1. The fraction of sp³-hybridized carbons (Fsp3) is 0.455. The average Bonchev–Trinajstić information content (AvgIpc) is 2.08. The maximum atomic E-state index is 13.1. The summed E-state index contributed by atoms with van der Waals surface area (Å²) in [5, 5.41) is 2.40. The van der Waals surface area contributed by atoms with Crippen molar-refractivity contribution in [2.24, 2.45) is 0 Å². The van der Waals surface area contributed by atoms with Gasteiger partial charge >= 0.3 is 6.09 Å². The van der Waals surface area contributed by atoms with Crippen molar-refractivity contribution in [3.8, 4) is 0 Å². The van der Waals surface area contributed by atoms with Crippen LogP contribution in [-0.4, -0.2) is 16.7 Å². The summed E-state index contributed by atoms with van der Waals surface area (Å²) in [7, 11) is 0. The van der Waals surface area contributed by atoms with Crippen molar-refractivity contribution in [3.05, 3.63) is 23.8 Å². The van der Waals surface area contributed by atoms with Crippen LogP contribution in [0.5, 0.6) is 0 Å². The number of rotatable bonds is 1. The quantitative estimate of drug-likeness (QED) is 0.801. The van der Waals surface area contributed by atoms with Gasteiger partial charge in [0.2, 0.25) is 0 Å². The van der Waals surface area contributed by atoms with E-state index in [-0.39, 0.29) is 11.4 Å². The number of amides is 1. The summed E-state index contributed by atoms with van der Waals surface area (Å²) in [6.45, 7) is 6.80.